The lowest BCUT2D eigenvalue weighted by Gasteiger charge is -2.15. The molecular weight excluding hydrogens is 372 g/mol. The lowest BCUT2D eigenvalue weighted by Crippen LogP contribution is -2.01. The maximum absolute atomic E-state index is 11.0. The number of ether oxygens (including phenoxy) is 1. The summed E-state index contributed by atoms with van der Waals surface area (Å²) >= 11 is 0. The van der Waals surface area contributed by atoms with Crippen molar-refractivity contribution in [2.45, 2.75) is 25.9 Å². The molecule has 0 saturated carbocycles. The largest absolute Gasteiger partial charge is 0.489 e. The molecule has 4 rings (SSSR count). The molecular formula is C27H24O3. The molecule has 30 heavy (non-hydrogen) atoms. The molecule has 150 valence electrons. The second-order valence-electron chi connectivity index (χ2n) is 7.39. The quantitative estimate of drug-likeness (QED) is 0.381. The van der Waals surface area contributed by atoms with E-state index in [1.165, 1.54) is 16.3 Å². The Morgan fingerprint density at radius 1 is 0.733 bits per heavy atom. The first-order valence-corrected chi connectivity index (χ1v) is 10.2. The summed E-state index contributed by atoms with van der Waals surface area (Å²) in [5, 5.41) is 11.5. The van der Waals surface area contributed by atoms with Crippen LogP contribution in [0.3, 0.4) is 0 Å². The predicted octanol–water partition coefficient (Wildman–Crippen LogP) is 6.29. The van der Waals surface area contributed by atoms with Gasteiger partial charge in [-0.2, -0.15) is 0 Å². The second-order valence-corrected chi connectivity index (χ2v) is 7.39. The molecule has 0 spiro atoms. The topological polar surface area (TPSA) is 46.5 Å². The normalized spacial score (nSPS) is 10.8. The van der Waals surface area contributed by atoms with Crippen LogP contribution < -0.4 is 4.74 Å². The van der Waals surface area contributed by atoms with Gasteiger partial charge in [0.05, 0.1) is 5.56 Å². The fraction of sp³-hybridized carbons (Fsp3) is 0.148. The van der Waals surface area contributed by atoms with E-state index in [-0.39, 0.29) is 0 Å². The third-order valence-electron chi connectivity index (χ3n) is 5.33. The molecule has 0 aliphatic heterocycles. The van der Waals surface area contributed by atoms with Crippen molar-refractivity contribution in [3.63, 3.8) is 0 Å². The number of benzene rings is 4. The van der Waals surface area contributed by atoms with E-state index in [0.717, 1.165) is 36.1 Å². The number of aryl methyl sites for hydroxylation is 2. The minimum Gasteiger partial charge on any atom is -0.489 e. The fourth-order valence-electron chi connectivity index (χ4n) is 3.73. The average molecular weight is 396 g/mol. The maximum atomic E-state index is 11.0. The van der Waals surface area contributed by atoms with Crippen molar-refractivity contribution in [3.05, 3.63) is 113 Å². The molecule has 4 aromatic carbocycles. The van der Waals surface area contributed by atoms with Crippen LogP contribution in [-0.2, 0) is 19.4 Å². The van der Waals surface area contributed by atoms with Crippen molar-refractivity contribution in [1.82, 2.24) is 0 Å². The highest BCUT2D eigenvalue weighted by Crippen LogP contribution is 2.30. The molecule has 0 unspecified atom stereocenters. The van der Waals surface area contributed by atoms with Crippen LogP contribution in [0.4, 0.5) is 0 Å². The van der Waals surface area contributed by atoms with Crippen molar-refractivity contribution in [2.24, 2.45) is 0 Å². The van der Waals surface area contributed by atoms with E-state index in [9.17, 15) is 4.79 Å². The lowest BCUT2D eigenvalue weighted by atomic mass is 9.97. The first kappa shape index (κ1) is 19.7. The van der Waals surface area contributed by atoms with Crippen LogP contribution in [0.1, 0.15) is 33.5 Å². The number of carboxylic acids is 1. The third kappa shape index (κ3) is 4.69. The molecule has 0 amide bonds. The van der Waals surface area contributed by atoms with Gasteiger partial charge in [0, 0.05) is 5.56 Å². The summed E-state index contributed by atoms with van der Waals surface area (Å²) < 4.78 is 6.21. The van der Waals surface area contributed by atoms with Gasteiger partial charge in [-0.1, -0.05) is 72.8 Å². The average Bonchev–Trinajstić information content (AvgIpc) is 2.79. The van der Waals surface area contributed by atoms with Gasteiger partial charge in [0.2, 0.25) is 0 Å². The smallest absolute Gasteiger partial charge is 0.335 e. The number of hydrogen-bond acceptors (Lipinski definition) is 2. The Morgan fingerprint density at radius 3 is 2.23 bits per heavy atom. The number of rotatable bonds is 8. The zero-order valence-electron chi connectivity index (χ0n) is 16.8. The van der Waals surface area contributed by atoms with Gasteiger partial charge in [0.25, 0.3) is 0 Å². The van der Waals surface area contributed by atoms with Gasteiger partial charge in [-0.25, -0.2) is 4.79 Å². The summed E-state index contributed by atoms with van der Waals surface area (Å²) in [6, 6.07) is 29.9. The minimum atomic E-state index is -0.891. The first-order chi connectivity index (χ1) is 14.7. The van der Waals surface area contributed by atoms with Gasteiger partial charge in [-0.15, -0.1) is 0 Å². The monoisotopic (exact) mass is 396 g/mol. The van der Waals surface area contributed by atoms with E-state index in [0.29, 0.717) is 12.2 Å². The predicted molar refractivity (Wildman–Crippen MR) is 120 cm³/mol. The lowest BCUT2D eigenvalue weighted by molar-refractivity contribution is 0.0697. The first-order valence-electron chi connectivity index (χ1n) is 10.2. The number of hydrogen-bond donors (Lipinski definition) is 1. The van der Waals surface area contributed by atoms with E-state index < -0.39 is 5.97 Å². The van der Waals surface area contributed by atoms with Crippen molar-refractivity contribution in [1.29, 1.82) is 0 Å². The Labute approximate surface area is 176 Å². The molecule has 3 heteroatoms. The highest BCUT2D eigenvalue weighted by Gasteiger charge is 2.10. The molecule has 0 fully saturated rings. The highest BCUT2D eigenvalue weighted by atomic mass is 16.5. The SMILES string of the molecule is O=C(O)c1ccc(CCCc2c(OCc3ccccc3)ccc3ccccc23)cc1. The van der Waals surface area contributed by atoms with E-state index in [4.69, 9.17) is 9.84 Å². The van der Waals surface area contributed by atoms with E-state index in [1.54, 1.807) is 12.1 Å². The molecule has 0 bridgehead atoms. The number of aromatic carboxylic acids is 1. The summed E-state index contributed by atoms with van der Waals surface area (Å²) in [5.41, 5.74) is 3.85. The van der Waals surface area contributed by atoms with E-state index in [1.807, 2.05) is 30.3 Å². The van der Waals surface area contributed by atoms with Crippen molar-refractivity contribution in [3.8, 4) is 5.75 Å². The Bertz CT molecular complexity index is 1130. The Hall–Kier alpha value is -3.59. The number of carboxylic acid groups (broad SMARTS) is 1. The fourth-order valence-corrected chi connectivity index (χ4v) is 3.73. The van der Waals surface area contributed by atoms with Crippen LogP contribution in [0.2, 0.25) is 0 Å². The van der Waals surface area contributed by atoms with Crippen LogP contribution in [-0.4, -0.2) is 11.1 Å². The van der Waals surface area contributed by atoms with Crippen LogP contribution in [0.5, 0.6) is 5.75 Å². The van der Waals surface area contributed by atoms with Crippen LogP contribution in [0.25, 0.3) is 10.8 Å². The van der Waals surface area contributed by atoms with Gasteiger partial charge < -0.3 is 9.84 Å². The van der Waals surface area contributed by atoms with Crippen LogP contribution in [0.15, 0.2) is 91.0 Å². The number of carbonyl (C=O) groups is 1. The van der Waals surface area contributed by atoms with Gasteiger partial charge >= 0.3 is 5.97 Å². The summed E-state index contributed by atoms with van der Waals surface area (Å²) in [7, 11) is 0. The van der Waals surface area contributed by atoms with E-state index >= 15 is 0 Å². The van der Waals surface area contributed by atoms with Gasteiger partial charge in [-0.3, -0.25) is 0 Å². The third-order valence-corrected chi connectivity index (χ3v) is 5.33. The standard InChI is InChI=1S/C27H24O3/c28-27(29)23-15-13-20(14-16-23)9-6-12-25-24-11-5-4-10-22(24)17-18-26(25)30-19-21-7-2-1-3-8-21/h1-5,7-8,10-11,13-18H,6,9,12,19H2,(H,28,29). The molecule has 0 atom stereocenters. The molecule has 0 aliphatic rings. The van der Waals surface area contributed by atoms with Gasteiger partial charge in [0.1, 0.15) is 12.4 Å². The number of fused-ring (bicyclic) bond motifs is 1. The molecule has 1 N–H and O–H groups in total. The minimum absolute atomic E-state index is 0.324. The van der Waals surface area contributed by atoms with Crippen molar-refractivity contribution in [2.75, 3.05) is 0 Å². The molecule has 0 saturated heterocycles. The van der Waals surface area contributed by atoms with Crippen LogP contribution >= 0.6 is 0 Å². The molecule has 0 heterocycles. The summed E-state index contributed by atoms with van der Waals surface area (Å²) in [5.74, 6) is 0.0382. The Kier molecular flexibility index (Phi) is 6.09. The zero-order chi connectivity index (χ0) is 20.8. The Balaban J connectivity index is 1.51. The van der Waals surface area contributed by atoms with Gasteiger partial charge in [-0.05, 0) is 59.4 Å². The van der Waals surface area contributed by atoms with Gasteiger partial charge in [0.15, 0.2) is 0 Å². The highest BCUT2D eigenvalue weighted by molar-refractivity contribution is 5.88. The molecule has 0 aromatic heterocycles. The summed E-state index contributed by atoms with van der Waals surface area (Å²) in [6.07, 6.45) is 2.75. The van der Waals surface area contributed by atoms with Crippen LogP contribution in [0, 0.1) is 0 Å². The second kappa shape index (κ2) is 9.27. The molecule has 3 nitrogen and oxygen atoms in total. The summed E-state index contributed by atoms with van der Waals surface area (Å²) in [4.78, 5) is 11.0. The van der Waals surface area contributed by atoms with E-state index in [2.05, 4.69) is 48.5 Å². The van der Waals surface area contributed by atoms with Crippen molar-refractivity contribution >= 4 is 16.7 Å². The molecule has 0 aliphatic carbocycles. The molecule has 4 aromatic rings. The maximum Gasteiger partial charge on any atom is 0.335 e. The molecule has 0 radical (unpaired) electrons. The van der Waals surface area contributed by atoms with Crippen molar-refractivity contribution < 1.29 is 14.6 Å². The summed E-state index contributed by atoms with van der Waals surface area (Å²) in [6.45, 7) is 0.544. The zero-order valence-corrected chi connectivity index (χ0v) is 16.8. The Morgan fingerprint density at radius 2 is 1.47 bits per heavy atom.